The molecule has 2 aromatic rings. The highest BCUT2D eigenvalue weighted by Crippen LogP contribution is 2.50. The second-order valence-corrected chi connectivity index (χ2v) is 6.64. The predicted octanol–water partition coefficient (Wildman–Crippen LogP) is 3.76. The van der Waals surface area contributed by atoms with Crippen molar-refractivity contribution < 1.29 is 24.0 Å². The predicted molar refractivity (Wildman–Crippen MR) is 95.4 cm³/mol. The van der Waals surface area contributed by atoms with Crippen molar-refractivity contribution in [1.29, 1.82) is 0 Å². The average Bonchev–Trinajstić information content (AvgIpc) is 2.86. The molecular weight excluding hydrogens is 406 g/mol. The SMILES string of the molecule is COC(=O)c1c(OC(C)=O)cc2c([N+](=O)[O-])c1CC2c1ccccc1Br. The standard InChI is InChI=1S/C18H14BrNO6/c1-9(21)26-15-8-12-11(10-5-3-4-6-14(10)19)7-13(17(12)20(23)24)16(15)18(22)25-2/h3-6,8,11H,7H2,1-2H3. The lowest BCUT2D eigenvalue weighted by Gasteiger charge is -2.12. The first-order valence-corrected chi connectivity index (χ1v) is 8.49. The highest BCUT2D eigenvalue weighted by molar-refractivity contribution is 9.10. The molecule has 2 bridgehead atoms. The molecule has 1 atom stereocenters. The third kappa shape index (κ3) is 2.96. The molecule has 2 aromatic carbocycles. The summed E-state index contributed by atoms with van der Waals surface area (Å²) in [6.07, 6.45) is 0.236. The van der Waals surface area contributed by atoms with Gasteiger partial charge >= 0.3 is 11.9 Å². The number of esters is 2. The molecular formula is C18H14BrNO6. The van der Waals surface area contributed by atoms with E-state index in [9.17, 15) is 19.7 Å². The number of nitro groups is 1. The van der Waals surface area contributed by atoms with Crippen LogP contribution in [0, 0.1) is 10.1 Å². The van der Waals surface area contributed by atoms with Crippen LogP contribution in [0.4, 0.5) is 5.69 Å². The summed E-state index contributed by atoms with van der Waals surface area (Å²) in [5, 5.41) is 11.7. The highest BCUT2D eigenvalue weighted by atomic mass is 79.9. The van der Waals surface area contributed by atoms with E-state index in [2.05, 4.69) is 15.9 Å². The summed E-state index contributed by atoms with van der Waals surface area (Å²) < 4.78 is 10.7. The number of methoxy groups -OCH3 is 1. The average molecular weight is 420 g/mol. The molecule has 1 aliphatic carbocycles. The van der Waals surface area contributed by atoms with Gasteiger partial charge in [0.25, 0.3) is 5.69 Å². The normalized spacial score (nSPS) is 14.8. The number of carbonyl (C=O) groups is 2. The van der Waals surface area contributed by atoms with Gasteiger partial charge in [0.2, 0.25) is 0 Å². The van der Waals surface area contributed by atoms with Gasteiger partial charge in [-0.3, -0.25) is 14.9 Å². The van der Waals surface area contributed by atoms with Crippen molar-refractivity contribution in [3.05, 3.63) is 67.2 Å². The van der Waals surface area contributed by atoms with Crippen LogP contribution in [0.25, 0.3) is 0 Å². The summed E-state index contributed by atoms with van der Waals surface area (Å²) in [4.78, 5) is 34.9. The zero-order valence-corrected chi connectivity index (χ0v) is 15.5. The molecule has 0 heterocycles. The maximum Gasteiger partial charge on any atom is 0.342 e. The van der Waals surface area contributed by atoms with Crippen molar-refractivity contribution in [1.82, 2.24) is 0 Å². The number of ether oxygens (including phenoxy) is 2. The van der Waals surface area contributed by atoms with Gasteiger partial charge in [-0.1, -0.05) is 34.1 Å². The summed E-state index contributed by atoms with van der Waals surface area (Å²) >= 11 is 3.47. The Hall–Kier alpha value is -2.74. The Bertz CT molecular complexity index is 940. The minimum Gasteiger partial charge on any atom is -0.465 e. The molecule has 134 valence electrons. The van der Waals surface area contributed by atoms with Crippen LogP contribution in [0.5, 0.6) is 5.75 Å². The van der Waals surface area contributed by atoms with Crippen molar-refractivity contribution in [2.24, 2.45) is 0 Å². The van der Waals surface area contributed by atoms with E-state index in [-0.39, 0.29) is 34.9 Å². The smallest absolute Gasteiger partial charge is 0.342 e. The molecule has 0 aliphatic heterocycles. The van der Waals surface area contributed by atoms with Crippen LogP contribution >= 0.6 is 15.9 Å². The molecule has 1 unspecified atom stereocenters. The van der Waals surface area contributed by atoms with Crippen molar-refractivity contribution >= 4 is 33.6 Å². The molecule has 7 nitrogen and oxygen atoms in total. The Kier molecular flexibility index (Phi) is 4.78. The molecule has 0 radical (unpaired) electrons. The molecule has 0 saturated carbocycles. The number of halogens is 1. The molecule has 26 heavy (non-hydrogen) atoms. The van der Waals surface area contributed by atoms with Gasteiger partial charge < -0.3 is 9.47 Å². The Morgan fingerprint density at radius 2 is 1.96 bits per heavy atom. The quantitative estimate of drug-likeness (QED) is 0.324. The number of carbonyl (C=O) groups excluding carboxylic acids is 2. The van der Waals surface area contributed by atoms with E-state index < -0.39 is 16.9 Å². The maximum absolute atomic E-state index is 12.3. The van der Waals surface area contributed by atoms with E-state index in [1.54, 1.807) is 0 Å². The minimum atomic E-state index is -0.779. The van der Waals surface area contributed by atoms with Crippen LogP contribution in [0.1, 0.15) is 39.9 Å². The van der Waals surface area contributed by atoms with Gasteiger partial charge in [-0.25, -0.2) is 4.79 Å². The maximum atomic E-state index is 12.3. The van der Waals surface area contributed by atoms with E-state index in [1.807, 2.05) is 24.3 Å². The first-order valence-electron chi connectivity index (χ1n) is 7.70. The summed E-state index contributed by atoms with van der Waals surface area (Å²) in [5.74, 6) is -1.76. The van der Waals surface area contributed by atoms with E-state index in [1.165, 1.54) is 20.1 Å². The fourth-order valence-corrected chi connectivity index (χ4v) is 3.87. The van der Waals surface area contributed by atoms with E-state index >= 15 is 0 Å². The second kappa shape index (κ2) is 6.87. The summed E-state index contributed by atoms with van der Waals surface area (Å²) in [6, 6.07) is 8.78. The largest absolute Gasteiger partial charge is 0.465 e. The molecule has 0 aromatic heterocycles. The first-order chi connectivity index (χ1) is 12.3. The summed E-state index contributed by atoms with van der Waals surface area (Å²) in [6.45, 7) is 1.20. The van der Waals surface area contributed by atoms with E-state index in [0.717, 1.165) is 10.0 Å². The Morgan fingerprint density at radius 3 is 2.54 bits per heavy atom. The molecule has 0 N–H and O–H groups in total. The number of fused-ring (bicyclic) bond motifs is 2. The van der Waals surface area contributed by atoms with Crippen LogP contribution in [-0.2, 0) is 16.0 Å². The zero-order valence-electron chi connectivity index (χ0n) is 13.9. The molecule has 1 aliphatic rings. The van der Waals surface area contributed by atoms with Gasteiger partial charge in [-0.05, 0) is 24.1 Å². The van der Waals surface area contributed by atoms with Gasteiger partial charge in [0, 0.05) is 28.4 Å². The summed E-state index contributed by atoms with van der Waals surface area (Å²) in [7, 11) is 1.17. The first kappa shape index (κ1) is 18.1. The number of rotatable bonds is 4. The minimum absolute atomic E-state index is 0.0190. The van der Waals surface area contributed by atoms with Gasteiger partial charge in [-0.15, -0.1) is 0 Å². The molecule has 0 saturated heterocycles. The zero-order chi connectivity index (χ0) is 19.0. The van der Waals surface area contributed by atoms with Gasteiger partial charge in [0.15, 0.2) is 0 Å². The van der Waals surface area contributed by atoms with Gasteiger partial charge in [0.1, 0.15) is 11.3 Å². The third-order valence-electron chi connectivity index (χ3n) is 4.28. The van der Waals surface area contributed by atoms with E-state index in [4.69, 9.17) is 9.47 Å². The molecule has 0 spiro atoms. The Morgan fingerprint density at radius 1 is 1.27 bits per heavy atom. The molecule has 0 amide bonds. The van der Waals surface area contributed by atoms with Crippen molar-refractivity contribution in [2.75, 3.05) is 7.11 Å². The fraction of sp³-hybridized carbons (Fsp3) is 0.222. The highest BCUT2D eigenvalue weighted by Gasteiger charge is 2.41. The van der Waals surface area contributed by atoms with Crippen LogP contribution in [0.15, 0.2) is 34.8 Å². The summed E-state index contributed by atoms with van der Waals surface area (Å²) in [5.41, 5.74) is 1.26. The van der Waals surface area contributed by atoms with Crippen molar-refractivity contribution in [3.63, 3.8) is 0 Å². The number of hydrogen-bond acceptors (Lipinski definition) is 6. The second-order valence-electron chi connectivity index (χ2n) is 5.79. The monoisotopic (exact) mass is 419 g/mol. The lowest BCUT2D eigenvalue weighted by atomic mass is 9.93. The lowest BCUT2D eigenvalue weighted by molar-refractivity contribution is -0.385. The lowest BCUT2D eigenvalue weighted by Crippen LogP contribution is -2.12. The number of benzene rings is 2. The topological polar surface area (TPSA) is 95.7 Å². The van der Waals surface area contributed by atoms with Gasteiger partial charge in [-0.2, -0.15) is 0 Å². The Balaban J connectivity index is 2.26. The van der Waals surface area contributed by atoms with Crippen LogP contribution in [-0.4, -0.2) is 24.0 Å². The number of hydrogen-bond donors (Lipinski definition) is 0. The number of nitrogens with zero attached hydrogens (tertiary/aromatic N) is 1. The van der Waals surface area contributed by atoms with Crippen molar-refractivity contribution in [3.8, 4) is 5.75 Å². The van der Waals surface area contributed by atoms with Crippen molar-refractivity contribution in [2.45, 2.75) is 19.3 Å². The fourth-order valence-electron chi connectivity index (χ4n) is 3.31. The third-order valence-corrected chi connectivity index (χ3v) is 5.01. The Labute approximate surface area is 157 Å². The van der Waals surface area contributed by atoms with Gasteiger partial charge in [0.05, 0.1) is 12.0 Å². The molecule has 0 fully saturated rings. The van der Waals surface area contributed by atoms with Crippen LogP contribution in [0.2, 0.25) is 0 Å². The molecule has 8 heteroatoms. The van der Waals surface area contributed by atoms with Crippen LogP contribution in [0.3, 0.4) is 0 Å². The van der Waals surface area contributed by atoms with E-state index in [0.29, 0.717) is 5.56 Å². The molecule has 3 rings (SSSR count). The van der Waals surface area contributed by atoms with Crippen LogP contribution < -0.4 is 4.74 Å². The number of nitro benzene ring substituents is 1.